The number of rotatable bonds is 6. The lowest BCUT2D eigenvalue weighted by Crippen LogP contribution is -2.07. The molecule has 0 aliphatic carbocycles. The lowest BCUT2D eigenvalue weighted by Gasteiger charge is -2.13. The fourth-order valence-corrected chi connectivity index (χ4v) is 2.91. The smallest absolute Gasteiger partial charge is 0.344 e. The first-order chi connectivity index (χ1) is 12.2. The first-order valence-corrected chi connectivity index (χ1v) is 8.58. The van der Waals surface area contributed by atoms with Crippen molar-refractivity contribution in [1.29, 1.82) is 0 Å². The van der Waals surface area contributed by atoms with Crippen LogP contribution in [0.5, 0.6) is 11.5 Å². The summed E-state index contributed by atoms with van der Waals surface area (Å²) in [4.78, 5) is 12.5. The number of hydrogen-bond donors (Lipinski definition) is 0. The van der Waals surface area contributed by atoms with E-state index in [1.165, 1.54) is 0 Å². The molecule has 0 aliphatic heterocycles. The van der Waals surface area contributed by atoms with Gasteiger partial charge < -0.3 is 13.9 Å². The number of methoxy groups -OCH3 is 1. The molecule has 2 aromatic carbocycles. The lowest BCUT2D eigenvalue weighted by molar-refractivity contribution is 0.295. The maximum absolute atomic E-state index is 12.5. The molecule has 4 nitrogen and oxygen atoms in total. The van der Waals surface area contributed by atoms with E-state index >= 15 is 0 Å². The molecule has 1 heterocycles. The summed E-state index contributed by atoms with van der Waals surface area (Å²) < 4.78 is 16.7. The zero-order valence-corrected chi connectivity index (χ0v) is 14.9. The summed E-state index contributed by atoms with van der Waals surface area (Å²) >= 11 is 5.71. The Hall–Kier alpha value is -2.46. The molecule has 0 saturated heterocycles. The quantitative estimate of drug-likeness (QED) is 0.361. The van der Waals surface area contributed by atoms with Gasteiger partial charge in [0.1, 0.15) is 5.58 Å². The molecular weight excluding hydrogens is 340 g/mol. The Kier molecular flexibility index (Phi) is 5.29. The molecule has 130 valence electrons. The van der Waals surface area contributed by atoms with Crippen LogP contribution in [0.2, 0.25) is 0 Å². The molecule has 5 heteroatoms. The minimum atomic E-state index is -0.367. The van der Waals surface area contributed by atoms with Crippen molar-refractivity contribution >= 4 is 22.6 Å². The molecule has 25 heavy (non-hydrogen) atoms. The molecular formula is C20H19ClO4. The van der Waals surface area contributed by atoms with E-state index in [4.69, 9.17) is 25.5 Å². The normalized spacial score (nSPS) is 10.8. The van der Waals surface area contributed by atoms with Crippen LogP contribution in [0.1, 0.15) is 12.0 Å². The average Bonchev–Trinajstić information content (AvgIpc) is 2.63. The molecule has 0 bridgehead atoms. The highest BCUT2D eigenvalue weighted by atomic mass is 35.5. The highest BCUT2D eigenvalue weighted by molar-refractivity contribution is 6.17. The number of halogens is 1. The van der Waals surface area contributed by atoms with Gasteiger partial charge in [0.15, 0.2) is 11.5 Å². The number of fused-ring (bicyclic) bond motifs is 1. The minimum Gasteiger partial charge on any atom is -0.493 e. The molecule has 0 amide bonds. The Balaban J connectivity index is 2.18. The zero-order chi connectivity index (χ0) is 17.8. The van der Waals surface area contributed by atoms with Crippen molar-refractivity contribution in [2.75, 3.05) is 19.6 Å². The maximum atomic E-state index is 12.5. The van der Waals surface area contributed by atoms with Gasteiger partial charge in [0.25, 0.3) is 0 Å². The van der Waals surface area contributed by atoms with Crippen LogP contribution in [-0.2, 0) is 0 Å². The first kappa shape index (κ1) is 17.4. The molecule has 0 spiro atoms. The zero-order valence-electron chi connectivity index (χ0n) is 14.2. The topological polar surface area (TPSA) is 48.7 Å². The third-order valence-corrected chi connectivity index (χ3v) is 4.32. The molecule has 0 aliphatic rings. The Morgan fingerprint density at radius 1 is 1.12 bits per heavy atom. The average molecular weight is 359 g/mol. The van der Waals surface area contributed by atoms with Gasteiger partial charge in [-0.05, 0) is 30.5 Å². The number of hydrogen-bond acceptors (Lipinski definition) is 4. The molecule has 0 N–H and O–H groups in total. The second-order valence-electron chi connectivity index (χ2n) is 5.65. The van der Waals surface area contributed by atoms with Crippen molar-refractivity contribution < 1.29 is 13.9 Å². The van der Waals surface area contributed by atoms with Gasteiger partial charge in [-0.1, -0.05) is 30.3 Å². The molecule has 0 fully saturated rings. The van der Waals surface area contributed by atoms with Crippen LogP contribution in [0.4, 0.5) is 0 Å². The largest absolute Gasteiger partial charge is 0.493 e. The van der Waals surface area contributed by atoms with Gasteiger partial charge in [-0.15, -0.1) is 11.6 Å². The van der Waals surface area contributed by atoms with Crippen LogP contribution in [0.15, 0.2) is 51.7 Å². The standard InChI is InChI=1S/C20H19ClO4/c1-13-15-11-18(24-10-6-9-21)17(23-2)12-16(15)25-20(22)19(13)14-7-4-3-5-8-14/h3-5,7-8,11-12H,6,9-10H2,1-2H3. The van der Waals surface area contributed by atoms with Crippen molar-refractivity contribution in [2.45, 2.75) is 13.3 Å². The van der Waals surface area contributed by atoms with Crippen LogP contribution < -0.4 is 15.1 Å². The van der Waals surface area contributed by atoms with Crippen molar-refractivity contribution in [3.63, 3.8) is 0 Å². The van der Waals surface area contributed by atoms with Crippen molar-refractivity contribution in [2.24, 2.45) is 0 Å². The van der Waals surface area contributed by atoms with E-state index in [0.29, 0.717) is 35.1 Å². The third kappa shape index (κ3) is 3.49. The molecule has 3 aromatic rings. The van der Waals surface area contributed by atoms with Gasteiger partial charge in [0.05, 0.1) is 19.3 Å². The van der Waals surface area contributed by atoms with E-state index in [-0.39, 0.29) is 5.63 Å². The van der Waals surface area contributed by atoms with Gasteiger partial charge in [-0.3, -0.25) is 0 Å². The second kappa shape index (κ2) is 7.62. The lowest BCUT2D eigenvalue weighted by atomic mass is 9.99. The van der Waals surface area contributed by atoms with Gasteiger partial charge >= 0.3 is 5.63 Å². The van der Waals surface area contributed by atoms with E-state index in [2.05, 4.69) is 0 Å². The summed E-state index contributed by atoms with van der Waals surface area (Å²) in [5, 5.41) is 0.820. The van der Waals surface area contributed by atoms with Crippen LogP contribution in [0, 0.1) is 6.92 Å². The minimum absolute atomic E-state index is 0.367. The van der Waals surface area contributed by atoms with Crippen LogP contribution in [-0.4, -0.2) is 19.6 Å². The first-order valence-electron chi connectivity index (χ1n) is 8.05. The van der Waals surface area contributed by atoms with Gasteiger partial charge in [-0.2, -0.15) is 0 Å². The molecule has 0 radical (unpaired) electrons. The maximum Gasteiger partial charge on any atom is 0.344 e. The van der Waals surface area contributed by atoms with Crippen LogP contribution in [0.25, 0.3) is 22.1 Å². The van der Waals surface area contributed by atoms with Crippen molar-refractivity contribution in [3.05, 3.63) is 58.4 Å². The number of alkyl halides is 1. The number of ether oxygens (including phenoxy) is 2. The second-order valence-corrected chi connectivity index (χ2v) is 6.02. The molecule has 3 rings (SSSR count). The van der Waals surface area contributed by atoms with Crippen molar-refractivity contribution in [1.82, 2.24) is 0 Å². The molecule has 0 saturated carbocycles. The predicted molar refractivity (Wildman–Crippen MR) is 100 cm³/mol. The van der Waals surface area contributed by atoms with E-state index in [9.17, 15) is 4.79 Å². The monoisotopic (exact) mass is 358 g/mol. The summed E-state index contributed by atoms with van der Waals surface area (Å²) in [6.07, 6.45) is 0.737. The SMILES string of the molecule is COc1cc2oc(=O)c(-c3ccccc3)c(C)c2cc1OCCCCl. The summed E-state index contributed by atoms with van der Waals surface area (Å²) in [6.45, 7) is 2.41. The Morgan fingerprint density at radius 3 is 2.56 bits per heavy atom. The van der Waals surface area contributed by atoms with Gasteiger partial charge in [0.2, 0.25) is 0 Å². The van der Waals surface area contributed by atoms with E-state index in [0.717, 1.165) is 22.9 Å². The fourth-order valence-electron chi connectivity index (χ4n) is 2.81. The fraction of sp³-hybridized carbons (Fsp3) is 0.250. The Bertz CT molecular complexity index is 932. The number of aryl methyl sites for hydroxylation is 1. The number of benzene rings is 2. The van der Waals surface area contributed by atoms with Gasteiger partial charge in [0, 0.05) is 17.3 Å². The predicted octanol–water partition coefficient (Wildman–Crippen LogP) is 4.78. The Labute approximate surface area is 150 Å². The Morgan fingerprint density at radius 2 is 1.88 bits per heavy atom. The molecule has 1 aromatic heterocycles. The van der Waals surface area contributed by atoms with Crippen LogP contribution >= 0.6 is 11.6 Å². The van der Waals surface area contributed by atoms with Crippen LogP contribution in [0.3, 0.4) is 0 Å². The van der Waals surface area contributed by atoms with Crippen molar-refractivity contribution in [3.8, 4) is 22.6 Å². The molecule has 0 atom stereocenters. The summed E-state index contributed by atoms with van der Waals surface area (Å²) in [6, 6.07) is 13.0. The summed E-state index contributed by atoms with van der Waals surface area (Å²) in [5.41, 5.74) is 2.35. The molecule has 0 unspecified atom stereocenters. The summed E-state index contributed by atoms with van der Waals surface area (Å²) in [5.74, 6) is 1.66. The summed E-state index contributed by atoms with van der Waals surface area (Å²) in [7, 11) is 1.55. The van der Waals surface area contributed by atoms with Gasteiger partial charge in [-0.25, -0.2) is 4.79 Å². The van der Waals surface area contributed by atoms with E-state index < -0.39 is 0 Å². The van der Waals surface area contributed by atoms with E-state index in [1.54, 1.807) is 13.2 Å². The highest BCUT2D eigenvalue weighted by Crippen LogP contribution is 2.35. The highest BCUT2D eigenvalue weighted by Gasteiger charge is 2.16. The third-order valence-electron chi connectivity index (χ3n) is 4.05. The van der Waals surface area contributed by atoms with E-state index in [1.807, 2.05) is 43.3 Å².